The van der Waals surface area contributed by atoms with Gasteiger partial charge < -0.3 is 10.2 Å². The number of rotatable bonds is 2. The third-order valence-corrected chi connectivity index (χ3v) is 7.68. The van der Waals surface area contributed by atoms with Gasteiger partial charge in [0.25, 0.3) is 5.91 Å². The molecule has 6 nitrogen and oxygen atoms in total. The van der Waals surface area contributed by atoms with Crippen LogP contribution < -0.4 is 10.2 Å². The number of fused-ring (bicyclic) bond motifs is 4. The Kier molecular flexibility index (Phi) is 5.39. The molecule has 0 aliphatic carbocycles. The lowest BCUT2D eigenvalue weighted by Crippen LogP contribution is -2.57. The average molecular weight is 423 g/mol. The lowest BCUT2D eigenvalue weighted by Gasteiger charge is -2.37. The fourth-order valence-electron chi connectivity index (χ4n) is 6.27. The van der Waals surface area contributed by atoms with Crippen LogP contribution in [0, 0.1) is 5.92 Å². The van der Waals surface area contributed by atoms with Gasteiger partial charge in [-0.25, -0.2) is 0 Å². The van der Waals surface area contributed by atoms with Crippen molar-refractivity contribution in [1.29, 1.82) is 0 Å². The molecule has 1 N–H and O–H groups in total. The van der Waals surface area contributed by atoms with Crippen LogP contribution in [0.2, 0.25) is 0 Å². The van der Waals surface area contributed by atoms with Crippen molar-refractivity contribution in [2.24, 2.45) is 5.92 Å². The number of nitrogens with one attached hydrogen (secondary N) is 1. The van der Waals surface area contributed by atoms with Crippen molar-refractivity contribution in [3.05, 3.63) is 41.5 Å². The van der Waals surface area contributed by atoms with Crippen molar-refractivity contribution < 1.29 is 9.59 Å². The number of anilines is 1. The number of benzene rings is 1. The van der Waals surface area contributed by atoms with Gasteiger partial charge in [0.2, 0.25) is 5.91 Å². The maximum atomic E-state index is 14.2. The van der Waals surface area contributed by atoms with Crippen LogP contribution in [0.3, 0.4) is 0 Å². The summed E-state index contributed by atoms with van der Waals surface area (Å²) in [5.74, 6) is -0.144. The van der Waals surface area contributed by atoms with Crippen molar-refractivity contribution >= 4 is 17.5 Å². The molecule has 3 atom stereocenters. The van der Waals surface area contributed by atoms with Crippen LogP contribution in [0.1, 0.15) is 45.1 Å². The highest BCUT2D eigenvalue weighted by Crippen LogP contribution is 2.56. The molecule has 2 bridgehead atoms. The molecule has 31 heavy (non-hydrogen) atoms. The van der Waals surface area contributed by atoms with E-state index in [1.807, 2.05) is 17.0 Å². The Bertz CT molecular complexity index is 909. The van der Waals surface area contributed by atoms with Crippen LogP contribution in [0.25, 0.3) is 0 Å². The number of hydrogen-bond acceptors (Lipinski definition) is 4. The molecule has 1 aromatic carbocycles. The van der Waals surface area contributed by atoms with Crippen LogP contribution in [0.5, 0.6) is 0 Å². The Morgan fingerprint density at radius 2 is 1.97 bits per heavy atom. The highest BCUT2D eigenvalue weighted by atomic mass is 16.2. The standard InChI is InChI=1S/C25H34N4O2/c1-18(2)10-14-27-12-6-11-26-23(30)21-17-19-7-5-13-29(19)25(21)20-8-3-4-9-22(20)28(16-15-27)24(25)31/h3-4,8-10,19,21H,5-7,11-17H2,1-2H3,(H,26,30)/t19-,21+,25+/m0/s1. The second-order valence-corrected chi connectivity index (χ2v) is 9.74. The van der Waals surface area contributed by atoms with Crippen molar-refractivity contribution in [2.75, 3.05) is 44.2 Å². The van der Waals surface area contributed by atoms with Crippen molar-refractivity contribution in [3.8, 4) is 0 Å². The molecule has 3 fully saturated rings. The summed E-state index contributed by atoms with van der Waals surface area (Å²) in [6.07, 6.45) is 6.14. The SMILES string of the molecule is CC(C)=CCN1CCCNC(=O)[C@H]2C[C@@H]3CCCN3[C@@]23C(=O)N(CC1)c1ccccc13. The van der Waals surface area contributed by atoms with Crippen LogP contribution >= 0.6 is 0 Å². The van der Waals surface area contributed by atoms with Crippen LogP contribution in [-0.4, -0.2) is 66.9 Å². The quantitative estimate of drug-likeness (QED) is 0.744. The Morgan fingerprint density at radius 3 is 2.81 bits per heavy atom. The van der Waals surface area contributed by atoms with Gasteiger partial charge in [-0.15, -0.1) is 0 Å². The number of nitrogens with zero attached hydrogens (tertiary/aromatic N) is 3. The van der Waals surface area contributed by atoms with Gasteiger partial charge in [0.05, 0.1) is 5.92 Å². The van der Waals surface area contributed by atoms with Crippen LogP contribution in [0.15, 0.2) is 35.9 Å². The fourth-order valence-corrected chi connectivity index (χ4v) is 6.27. The summed E-state index contributed by atoms with van der Waals surface area (Å²) in [6.45, 7) is 9.10. The summed E-state index contributed by atoms with van der Waals surface area (Å²) in [5.41, 5.74) is 2.51. The lowest BCUT2D eigenvalue weighted by molar-refractivity contribution is -0.139. The van der Waals surface area contributed by atoms with E-state index in [1.165, 1.54) is 5.57 Å². The van der Waals surface area contributed by atoms with Gasteiger partial charge in [-0.2, -0.15) is 0 Å². The summed E-state index contributed by atoms with van der Waals surface area (Å²) in [6, 6.07) is 8.53. The average Bonchev–Trinajstić information content (AvgIpc) is 3.40. The van der Waals surface area contributed by atoms with E-state index in [0.717, 1.165) is 63.1 Å². The lowest BCUT2D eigenvalue weighted by atomic mass is 9.78. The normalized spacial score (nSPS) is 31.4. The topological polar surface area (TPSA) is 55.9 Å². The first-order valence-electron chi connectivity index (χ1n) is 11.8. The minimum absolute atomic E-state index is 0.0517. The third-order valence-electron chi connectivity index (χ3n) is 7.68. The first-order chi connectivity index (χ1) is 15.0. The number of carbonyl (C=O) groups is 2. The molecule has 166 valence electrons. The Morgan fingerprint density at radius 1 is 1.13 bits per heavy atom. The molecule has 4 aliphatic heterocycles. The zero-order valence-electron chi connectivity index (χ0n) is 18.8. The maximum absolute atomic E-state index is 14.2. The molecule has 0 saturated carbocycles. The van der Waals surface area contributed by atoms with Crippen molar-refractivity contribution in [3.63, 3.8) is 0 Å². The van der Waals surface area contributed by atoms with E-state index >= 15 is 0 Å². The Labute approximate surface area is 185 Å². The van der Waals surface area contributed by atoms with Gasteiger partial charge in [0.15, 0.2) is 0 Å². The minimum atomic E-state index is -0.828. The largest absolute Gasteiger partial charge is 0.356 e. The summed E-state index contributed by atoms with van der Waals surface area (Å²) in [7, 11) is 0. The zero-order chi connectivity index (χ0) is 21.6. The number of allylic oxidation sites excluding steroid dienone is 1. The fraction of sp³-hybridized carbons (Fsp3) is 0.600. The van der Waals surface area contributed by atoms with Crippen LogP contribution in [-0.2, 0) is 15.1 Å². The van der Waals surface area contributed by atoms with Gasteiger partial charge in [-0.3, -0.25) is 19.4 Å². The second kappa shape index (κ2) is 8.06. The molecule has 6 heteroatoms. The van der Waals surface area contributed by atoms with Crippen LogP contribution in [0.4, 0.5) is 5.69 Å². The highest BCUT2D eigenvalue weighted by molar-refractivity contribution is 6.10. The molecule has 0 radical (unpaired) electrons. The van der Waals surface area contributed by atoms with E-state index in [4.69, 9.17) is 0 Å². The van der Waals surface area contributed by atoms with E-state index in [-0.39, 0.29) is 17.7 Å². The van der Waals surface area contributed by atoms with E-state index < -0.39 is 5.54 Å². The molecule has 1 aromatic rings. The molecule has 2 amide bonds. The van der Waals surface area contributed by atoms with Gasteiger partial charge >= 0.3 is 0 Å². The highest BCUT2D eigenvalue weighted by Gasteiger charge is 2.67. The summed E-state index contributed by atoms with van der Waals surface area (Å²) in [4.78, 5) is 34.4. The number of hydrogen-bond donors (Lipinski definition) is 1. The number of carbonyl (C=O) groups excluding carboxylic acids is 2. The second-order valence-electron chi connectivity index (χ2n) is 9.74. The first-order valence-corrected chi connectivity index (χ1v) is 11.8. The maximum Gasteiger partial charge on any atom is 0.253 e. The molecular formula is C25H34N4O2. The van der Waals surface area contributed by atoms with Crippen molar-refractivity contribution in [1.82, 2.24) is 15.1 Å². The number of amides is 2. The predicted octanol–water partition coefficient (Wildman–Crippen LogP) is 2.50. The van der Waals surface area contributed by atoms with Gasteiger partial charge in [-0.1, -0.05) is 29.8 Å². The molecule has 0 aromatic heterocycles. The van der Waals surface area contributed by atoms with Gasteiger partial charge in [0.1, 0.15) is 5.54 Å². The zero-order valence-corrected chi connectivity index (χ0v) is 18.8. The predicted molar refractivity (Wildman–Crippen MR) is 122 cm³/mol. The van der Waals surface area contributed by atoms with E-state index in [1.54, 1.807) is 0 Å². The Balaban J connectivity index is 1.56. The molecular weight excluding hydrogens is 388 g/mol. The first kappa shape index (κ1) is 20.7. The minimum Gasteiger partial charge on any atom is -0.356 e. The van der Waals surface area contributed by atoms with Crippen molar-refractivity contribution in [2.45, 2.75) is 51.1 Å². The molecule has 1 spiro atoms. The summed E-state index contributed by atoms with van der Waals surface area (Å²) in [5, 5.41) is 3.20. The third kappa shape index (κ3) is 3.23. The van der Waals surface area contributed by atoms with E-state index in [9.17, 15) is 9.59 Å². The monoisotopic (exact) mass is 422 g/mol. The molecule has 5 rings (SSSR count). The molecule has 0 unspecified atom stereocenters. The van der Waals surface area contributed by atoms with Gasteiger partial charge in [0, 0.05) is 50.0 Å². The Hall–Kier alpha value is -2.18. The molecule has 4 heterocycles. The molecule has 3 saturated heterocycles. The number of para-hydroxylation sites is 1. The van der Waals surface area contributed by atoms with E-state index in [0.29, 0.717) is 19.1 Å². The molecule has 4 aliphatic rings. The smallest absolute Gasteiger partial charge is 0.253 e. The van der Waals surface area contributed by atoms with Gasteiger partial charge in [-0.05, 0) is 52.1 Å². The summed E-state index contributed by atoms with van der Waals surface area (Å²) < 4.78 is 0. The van der Waals surface area contributed by atoms with E-state index in [2.05, 4.69) is 47.2 Å². The summed E-state index contributed by atoms with van der Waals surface area (Å²) >= 11 is 0.